The highest BCUT2D eigenvalue weighted by Gasteiger charge is 2.38. The Labute approximate surface area is 162 Å². The predicted octanol–water partition coefficient (Wildman–Crippen LogP) is 3.59. The molecule has 0 aromatic carbocycles. The van der Waals surface area contributed by atoms with Crippen LogP contribution in [0.15, 0.2) is 23.2 Å². The molecule has 1 aliphatic heterocycles. The second kappa shape index (κ2) is 6.98. The minimum Gasteiger partial charge on any atom is -0.426 e. The van der Waals surface area contributed by atoms with Gasteiger partial charge in [-0.2, -0.15) is 0 Å². The van der Waals surface area contributed by atoms with Crippen molar-refractivity contribution in [2.24, 2.45) is 4.99 Å². The first kappa shape index (κ1) is 18.8. The van der Waals surface area contributed by atoms with Crippen molar-refractivity contribution in [3.63, 3.8) is 0 Å². The Morgan fingerprint density at radius 1 is 1.58 bits per heavy atom. The van der Waals surface area contributed by atoms with E-state index in [9.17, 15) is 4.21 Å². The predicted molar refractivity (Wildman–Crippen MR) is 107 cm³/mol. The Bertz CT molecular complexity index is 935. The van der Waals surface area contributed by atoms with Crippen LogP contribution in [0.5, 0.6) is 0 Å². The maximum atomic E-state index is 12.4. The van der Waals surface area contributed by atoms with E-state index in [4.69, 9.17) is 32.1 Å². The molecule has 3 rings (SSSR count). The smallest absolute Gasteiger partial charge is 0.236 e. The summed E-state index contributed by atoms with van der Waals surface area (Å²) in [5, 5.41) is 15.2. The van der Waals surface area contributed by atoms with E-state index in [1.165, 1.54) is 11.3 Å². The van der Waals surface area contributed by atoms with E-state index in [-0.39, 0.29) is 5.90 Å². The largest absolute Gasteiger partial charge is 0.426 e. The van der Waals surface area contributed by atoms with Crippen LogP contribution in [0.2, 0.25) is 5.02 Å². The van der Waals surface area contributed by atoms with Crippen molar-refractivity contribution in [1.82, 2.24) is 9.29 Å². The summed E-state index contributed by atoms with van der Waals surface area (Å²) in [4.78, 5) is 9.56. The van der Waals surface area contributed by atoms with Gasteiger partial charge in [0.15, 0.2) is 6.40 Å². The van der Waals surface area contributed by atoms with E-state index in [1.54, 1.807) is 17.4 Å². The third-order valence-electron chi connectivity index (χ3n) is 4.12. The molecule has 2 aromatic heterocycles. The summed E-state index contributed by atoms with van der Waals surface area (Å²) in [5.74, 6) is 0.948. The summed E-state index contributed by atoms with van der Waals surface area (Å²) in [6.07, 6.45) is 0.713. The number of hydrogen-bond donors (Lipinski definition) is 3. The van der Waals surface area contributed by atoms with Crippen molar-refractivity contribution in [3.8, 4) is 10.6 Å². The molecule has 2 atom stereocenters. The van der Waals surface area contributed by atoms with Gasteiger partial charge in [0.25, 0.3) is 0 Å². The van der Waals surface area contributed by atoms with Gasteiger partial charge in [0.05, 0.1) is 26.2 Å². The van der Waals surface area contributed by atoms with Gasteiger partial charge in [-0.25, -0.2) is 4.21 Å². The lowest BCUT2D eigenvalue weighted by Gasteiger charge is -2.33. The zero-order chi connectivity index (χ0) is 19.1. The van der Waals surface area contributed by atoms with Crippen LogP contribution < -0.4 is 0 Å². The Hall–Kier alpha value is -1.97. The molecule has 3 heterocycles. The molecule has 2 aromatic rings. The van der Waals surface area contributed by atoms with Crippen molar-refractivity contribution < 1.29 is 8.95 Å². The van der Waals surface area contributed by atoms with Crippen molar-refractivity contribution >= 4 is 52.1 Å². The maximum Gasteiger partial charge on any atom is 0.236 e. The Morgan fingerprint density at radius 3 is 2.96 bits per heavy atom. The van der Waals surface area contributed by atoms with Gasteiger partial charge in [0.2, 0.25) is 5.90 Å². The van der Waals surface area contributed by atoms with Crippen molar-refractivity contribution in [2.75, 3.05) is 12.8 Å². The number of ether oxygens (including phenoxy) is 1. The first-order valence-electron chi connectivity index (χ1n) is 7.67. The average Bonchev–Trinajstić information content (AvgIpc) is 3.19. The van der Waals surface area contributed by atoms with Crippen molar-refractivity contribution in [2.45, 2.75) is 19.4 Å². The molecule has 0 aliphatic carbocycles. The molecule has 7 nitrogen and oxygen atoms in total. The van der Waals surface area contributed by atoms with E-state index >= 15 is 0 Å². The van der Waals surface area contributed by atoms with Gasteiger partial charge >= 0.3 is 0 Å². The second-order valence-corrected chi connectivity index (χ2v) is 8.97. The Balaban J connectivity index is 1.97. The number of nitrogens with zero attached hydrogens (tertiary/aromatic N) is 2. The zero-order valence-electron chi connectivity index (χ0n) is 14.4. The first-order valence-corrected chi connectivity index (χ1v) is 10.1. The molecule has 0 spiro atoms. The summed E-state index contributed by atoms with van der Waals surface area (Å²) in [6, 6.07) is 5.38. The third-order valence-corrected chi connectivity index (χ3v) is 7.64. The molecule has 0 saturated carbocycles. The van der Waals surface area contributed by atoms with Crippen LogP contribution >= 0.6 is 22.9 Å². The minimum atomic E-state index is -1.16. The van der Waals surface area contributed by atoms with Crippen LogP contribution in [0, 0.1) is 10.8 Å². The summed E-state index contributed by atoms with van der Waals surface area (Å²) in [7, 11) is 0.610. The molecule has 1 aliphatic rings. The molecule has 0 radical (unpaired) electrons. The number of aromatic nitrogens is 1. The number of aliphatic imine (C=N–C) groups is 1. The number of halogens is 1. The summed E-state index contributed by atoms with van der Waals surface area (Å²) < 4.78 is 18.8. The topological polar surface area (TPSA) is 105 Å². The van der Waals surface area contributed by atoms with Gasteiger partial charge in [-0.15, -0.1) is 11.3 Å². The fourth-order valence-corrected chi connectivity index (χ4v) is 5.65. The first-order chi connectivity index (χ1) is 12.2. The number of nitrogens with one attached hydrogen (secondary N) is 3. The lowest BCUT2D eigenvalue weighted by Crippen LogP contribution is -2.42. The molecule has 138 valence electrons. The summed E-state index contributed by atoms with van der Waals surface area (Å²) in [5.41, 5.74) is 0.609. The third kappa shape index (κ3) is 3.34. The lowest BCUT2D eigenvalue weighted by molar-refractivity contribution is 0.526. The van der Waals surface area contributed by atoms with Crippen LogP contribution in [-0.2, 0) is 21.3 Å². The van der Waals surface area contributed by atoms with Crippen LogP contribution in [0.1, 0.15) is 24.4 Å². The molecule has 26 heavy (non-hydrogen) atoms. The number of rotatable bonds is 4. The molecule has 0 amide bonds. The summed E-state index contributed by atoms with van der Waals surface area (Å²) in [6.45, 7) is 3.78. The van der Waals surface area contributed by atoms with Crippen molar-refractivity contribution in [3.05, 3.63) is 33.8 Å². The number of aromatic amines is 1. The Morgan fingerprint density at radius 2 is 2.31 bits per heavy atom. The number of thiophene rings is 1. The minimum absolute atomic E-state index is 0.132. The normalized spacial score (nSPS) is 22.8. The van der Waals surface area contributed by atoms with E-state index in [0.717, 1.165) is 15.4 Å². The van der Waals surface area contributed by atoms with Crippen molar-refractivity contribution in [1.29, 1.82) is 10.8 Å². The molecule has 0 fully saturated rings. The van der Waals surface area contributed by atoms with Gasteiger partial charge in [-0.3, -0.25) is 20.1 Å². The molecule has 0 saturated heterocycles. The zero-order valence-corrected chi connectivity index (χ0v) is 16.8. The highest BCUT2D eigenvalue weighted by atomic mass is 35.5. The van der Waals surface area contributed by atoms with Gasteiger partial charge in [0, 0.05) is 7.05 Å². The second-order valence-electron chi connectivity index (χ2n) is 6.03. The SMILES string of the molecule is CC1=NC(C)(c2sc(-c3ccc(C(=N)OC=N)[nH]3)cc2Cl)CS(=O)N1C. The molecule has 0 bridgehead atoms. The summed E-state index contributed by atoms with van der Waals surface area (Å²) >= 11 is 7.97. The lowest BCUT2D eigenvalue weighted by atomic mass is 10.0. The number of hydrogen-bond acceptors (Lipinski definition) is 6. The van der Waals surface area contributed by atoms with Gasteiger partial charge < -0.3 is 9.72 Å². The molecule has 3 N–H and O–H groups in total. The molecular weight excluding hydrogens is 394 g/mol. The molecular formula is C16H18ClN5O2S2. The van der Waals surface area contributed by atoms with Crippen LogP contribution in [-0.4, -0.2) is 44.4 Å². The van der Waals surface area contributed by atoms with E-state index in [1.807, 2.05) is 26.0 Å². The number of amidine groups is 1. The van der Waals surface area contributed by atoms with E-state index in [0.29, 0.717) is 28.7 Å². The highest BCUT2D eigenvalue weighted by molar-refractivity contribution is 7.83. The fraction of sp³-hybridized carbons (Fsp3) is 0.312. The fourth-order valence-electron chi connectivity index (χ4n) is 2.72. The maximum absolute atomic E-state index is 12.4. The number of H-pyrrole nitrogens is 1. The molecule has 10 heteroatoms. The monoisotopic (exact) mass is 411 g/mol. The molecule has 2 unspecified atom stereocenters. The average molecular weight is 412 g/mol. The van der Waals surface area contributed by atoms with Gasteiger partial charge in [-0.05, 0) is 32.0 Å². The van der Waals surface area contributed by atoms with Gasteiger partial charge in [0.1, 0.15) is 28.1 Å². The Kier molecular flexibility index (Phi) is 5.05. The van der Waals surface area contributed by atoms with Crippen LogP contribution in [0.25, 0.3) is 10.6 Å². The van der Waals surface area contributed by atoms with E-state index in [2.05, 4.69) is 4.98 Å². The van der Waals surface area contributed by atoms with Gasteiger partial charge in [-0.1, -0.05) is 11.6 Å². The quantitative estimate of drug-likeness (QED) is 0.528. The highest BCUT2D eigenvalue weighted by Crippen LogP contribution is 2.43. The van der Waals surface area contributed by atoms with Crippen LogP contribution in [0.4, 0.5) is 0 Å². The van der Waals surface area contributed by atoms with Crippen LogP contribution in [0.3, 0.4) is 0 Å². The standard InChI is InChI=1S/C16H18ClN5O2S2/c1-9-21-16(2,7-26(23)22(9)3)14-10(17)6-13(25-14)11-4-5-12(20-11)15(19)24-8-18/h4-6,8,18-20H,7H2,1-3H3. The van der Waals surface area contributed by atoms with E-state index < -0.39 is 16.5 Å².